The van der Waals surface area contributed by atoms with E-state index in [4.69, 9.17) is 0 Å². The Morgan fingerprint density at radius 3 is 2.58 bits per heavy atom. The highest BCUT2D eigenvalue weighted by molar-refractivity contribution is 5.87. The molecular formula is C17H25NO. The highest BCUT2D eigenvalue weighted by Gasteiger charge is 2.37. The average Bonchev–Trinajstić information content (AvgIpc) is 2.41. The zero-order chi connectivity index (χ0) is 13.9. The van der Waals surface area contributed by atoms with Crippen molar-refractivity contribution in [1.82, 2.24) is 0 Å². The zero-order valence-corrected chi connectivity index (χ0v) is 12.4. The van der Waals surface area contributed by atoms with Gasteiger partial charge in [-0.05, 0) is 31.9 Å². The van der Waals surface area contributed by atoms with Crippen LogP contribution in [0.2, 0.25) is 0 Å². The van der Waals surface area contributed by atoms with E-state index in [1.807, 2.05) is 6.07 Å². The van der Waals surface area contributed by atoms with E-state index >= 15 is 0 Å². The molecule has 1 aliphatic rings. The fraction of sp³-hybridized carbons (Fsp3) is 0.588. The van der Waals surface area contributed by atoms with E-state index in [0.29, 0.717) is 5.78 Å². The molecule has 2 heteroatoms. The number of carbonyl (C=O) groups excluding carboxylic acids is 1. The molecule has 19 heavy (non-hydrogen) atoms. The topological polar surface area (TPSA) is 20.3 Å². The summed E-state index contributed by atoms with van der Waals surface area (Å²) in [4.78, 5) is 14.8. The van der Waals surface area contributed by atoms with Crippen LogP contribution in [0.15, 0.2) is 30.3 Å². The lowest BCUT2D eigenvalue weighted by Crippen LogP contribution is -2.41. The minimum Gasteiger partial charge on any atom is -0.371 e. The zero-order valence-electron chi connectivity index (χ0n) is 12.4. The van der Waals surface area contributed by atoms with Crippen LogP contribution in [-0.4, -0.2) is 18.9 Å². The molecule has 0 spiro atoms. The largest absolute Gasteiger partial charge is 0.371 e. The summed E-state index contributed by atoms with van der Waals surface area (Å²) in [6.07, 6.45) is 3.27. The predicted octanol–water partition coefficient (Wildman–Crippen LogP) is 3.91. The van der Waals surface area contributed by atoms with Gasteiger partial charge in [-0.25, -0.2) is 0 Å². The maximum Gasteiger partial charge on any atom is 0.143 e. The molecule has 1 atom stereocenters. The standard InChI is InChI=1S/C17H25NO/c1-4-18(15-10-6-5-7-11-15)13-14-9-8-12-17(2,3)16(14)19/h5-7,10-11,14H,4,8-9,12-13H2,1-3H3. The first-order valence-corrected chi connectivity index (χ1v) is 7.39. The number of Topliss-reactive ketones (excluding diaryl/α,β-unsaturated/α-hetero) is 1. The number of para-hydroxylation sites is 1. The van der Waals surface area contributed by atoms with Crippen LogP contribution in [-0.2, 0) is 4.79 Å². The monoisotopic (exact) mass is 259 g/mol. The number of rotatable bonds is 4. The van der Waals surface area contributed by atoms with Gasteiger partial charge in [0.2, 0.25) is 0 Å². The van der Waals surface area contributed by atoms with Gasteiger partial charge in [0.15, 0.2) is 0 Å². The Morgan fingerprint density at radius 1 is 1.26 bits per heavy atom. The summed E-state index contributed by atoms with van der Waals surface area (Å²) in [7, 11) is 0. The van der Waals surface area contributed by atoms with Crippen LogP contribution in [0.1, 0.15) is 40.0 Å². The Labute approximate surface area is 116 Å². The normalized spacial score (nSPS) is 22.3. The van der Waals surface area contributed by atoms with Gasteiger partial charge >= 0.3 is 0 Å². The van der Waals surface area contributed by atoms with Gasteiger partial charge in [0, 0.05) is 30.1 Å². The van der Waals surface area contributed by atoms with Crippen molar-refractivity contribution in [3.63, 3.8) is 0 Å². The molecule has 1 aliphatic carbocycles. The van der Waals surface area contributed by atoms with E-state index in [1.54, 1.807) is 0 Å². The molecule has 1 unspecified atom stereocenters. The average molecular weight is 259 g/mol. The van der Waals surface area contributed by atoms with Crippen LogP contribution in [0.3, 0.4) is 0 Å². The molecular weight excluding hydrogens is 234 g/mol. The molecule has 0 bridgehead atoms. The first-order valence-electron chi connectivity index (χ1n) is 7.39. The molecule has 0 radical (unpaired) electrons. The minimum atomic E-state index is -0.126. The molecule has 0 saturated heterocycles. The number of hydrogen-bond acceptors (Lipinski definition) is 2. The summed E-state index contributed by atoms with van der Waals surface area (Å²) < 4.78 is 0. The van der Waals surface area contributed by atoms with Gasteiger partial charge in [0.25, 0.3) is 0 Å². The van der Waals surface area contributed by atoms with Crippen molar-refractivity contribution in [2.24, 2.45) is 11.3 Å². The highest BCUT2D eigenvalue weighted by Crippen LogP contribution is 2.36. The molecule has 1 aromatic rings. The number of ketones is 1. The summed E-state index contributed by atoms with van der Waals surface area (Å²) in [5, 5.41) is 0. The van der Waals surface area contributed by atoms with Crippen molar-refractivity contribution in [3.8, 4) is 0 Å². The van der Waals surface area contributed by atoms with Gasteiger partial charge in [-0.2, -0.15) is 0 Å². The van der Waals surface area contributed by atoms with E-state index < -0.39 is 0 Å². The third kappa shape index (κ3) is 3.17. The fourth-order valence-electron chi connectivity index (χ4n) is 3.09. The van der Waals surface area contributed by atoms with Crippen molar-refractivity contribution in [2.75, 3.05) is 18.0 Å². The van der Waals surface area contributed by atoms with Crippen LogP contribution in [0, 0.1) is 11.3 Å². The Morgan fingerprint density at radius 2 is 1.95 bits per heavy atom. The molecule has 104 valence electrons. The van der Waals surface area contributed by atoms with Crippen LogP contribution >= 0.6 is 0 Å². The summed E-state index contributed by atoms with van der Waals surface area (Å²) in [5.41, 5.74) is 1.10. The van der Waals surface area contributed by atoms with Crippen LogP contribution in [0.25, 0.3) is 0 Å². The summed E-state index contributed by atoms with van der Waals surface area (Å²) in [6.45, 7) is 8.17. The summed E-state index contributed by atoms with van der Waals surface area (Å²) in [6, 6.07) is 10.4. The second kappa shape index (κ2) is 5.77. The molecule has 2 nitrogen and oxygen atoms in total. The fourth-order valence-corrected chi connectivity index (χ4v) is 3.09. The van der Waals surface area contributed by atoms with Gasteiger partial charge in [0.05, 0.1) is 0 Å². The number of anilines is 1. The summed E-state index contributed by atoms with van der Waals surface area (Å²) in [5.74, 6) is 0.650. The predicted molar refractivity (Wildman–Crippen MR) is 80.5 cm³/mol. The first-order chi connectivity index (χ1) is 9.04. The SMILES string of the molecule is CCN(CC1CCCC(C)(C)C1=O)c1ccccc1. The van der Waals surface area contributed by atoms with Gasteiger partial charge in [-0.3, -0.25) is 4.79 Å². The Balaban J connectivity index is 2.09. The van der Waals surface area contributed by atoms with Gasteiger partial charge in [-0.15, -0.1) is 0 Å². The van der Waals surface area contributed by atoms with E-state index in [2.05, 4.69) is 49.9 Å². The second-order valence-corrected chi connectivity index (χ2v) is 6.21. The number of nitrogens with zero attached hydrogens (tertiary/aromatic N) is 1. The third-order valence-corrected chi connectivity index (χ3v) is 4.34. The van der Waals surface area contributed by atoms with E-state index in [9.17, 15) is 4.79 Å². The molecule has 0 N–H and O–H groups in total. The van der Waals surface area contributed by atoms with Crippen molar-refractivity contribution in [3.05, 3.63) is 30.3 Å². The molecule has 1 saturated carbocycles. The van der Waals surface area contributed by atoms with Crippen molar-refractivity contribution in [2.45, 2.75) is 40.0 Å². The smallest absolute Gasteiger partial charge is 0.143 e. The maximum absolute atomic E-state index is 12.5. The lowest BCUT2D eigenvalue weighted by molar-refractivity contribution is -0.133. The Hall–Kier alpha value is -1.31. The van der Waals surface area contributed by atoms with Crippen LogP contribution < -0.4 is 4.90 Å². The van der Waals surface area contributed by atoms with Crippen LogP contribution in [0.4, 0.5) is 5.69 Å². The van der Waals surface area contributed by atoms with Crippen molar-refractivity contribution < 1.29 is 4.79 Å². The molecule has 0 aliphatic heterocycles. The van der Waals surface area contributed by atoms with Crippen molar-refractivity contribution >= 4 is 11.5 Å². The minimum absolute atomic E-state index is 0.126. The van der Waals surface area contributed by atoms with Gasteiger partial charge in [-0.1, -0.05) is 38.5 Å². The van der Waals surface area contributed by atoms with Crippen LogP contribution in [0.5, 0.6) is 0 Å². The van der Waals surface area contributed by atoms with Gasteiger partial charge in [0.1, 0.15) is 5.78 Å². The quantitative estimate of drug-likeness (QED) is 0.817. The summed E-state index contributed by atoms with van der Waals surface area (Å²) >= 11 is 0. The van der Waals surface area contributed by atoms with E-state index in [1.165, 1.54) is 12.1 Å². The molecule has 0 amide bonds. The lowest BCUT2D eigenvalue weighted by Gasteiger charge is -2.36. The van der Waals surface area contributed by atoms with Gasteiger partial charge < -0.3 is 4.90 Å². The maximum atomic E-state index is 12.5. The van der Waals surface area contributed by atoms with E-state index in [0.717, 1.165) is 25.9 Å². The number of hydrogen-bond donors (Lipinski definition) is 0. The van der Waals surface area contributed by atoms with E-state index in [-0.39, 0.29) is 11.3 Å². The second-order valence-electron chi connectivity index (χ2n) is 6.21. The number of benzene rings is 1. The Kier molecular flexibility index (Phi) is 4.28. The molecule has 1 aromatic carbocycles. The third-order valence-electron chi connectivity index (χ3n) is 4.34. The highest BCUT2D eigenvalue weighted by atomic mass is 16.1. The molecule has 0 heterocycles. The molecule has 1 fully saturated rings. The molecule has 2 rings (SSSR count). The molecule has 0 aromatic heterocycles. The first kappa shape index (κ1) is 14.1. The number of carbonyl (C=O) groups is 1. The Bertz CT molecular complexity index is 424. The lowest BCUT2D eigenvalue weighted by atomic mass is 9.71. The van der Waals surface area contributed by atoms with Crippen molar-refractivity contribution in [1.29, 1.82) is 0 Å².